The fourth-order valence-electron chi connectivity index (χ4n) is 2.35. The van der Waals surface area contributed by atoms with E-state index in [-0.39, 0.29) is 5.91 Å². The largest absolute Gasteiger partial charge is 0.358 e. The molecule has 0 radical (unpaired) electrons. The topological polar surface area (TPSA) is 58.2 Å². The monoisotopic (exact) mass is 464 g/mol. The van der Waals surface area contributed by atoms with Gasteiger partial charge in [-0.2, -0.15) is 0 Å². The fraction of sp³-hybridized carbons (Fsp3) is 0.520. The highest BCUT2D eigenvalue weighted by Crippen LogP contribution is 2.19. The Balaban J connectivity index is 3.45. The van der Waals surface area contributed by atoms with Crippen LogP contribution in [-0.4, -0.2) is 36.9 Å². The van der Waals surface area contributed by atoms with Crippen LogP contribution in [0.3, 0.4) is 0 Å². The maximum absolute atomic E-state index is 11.8. The first kappa shape index (κ1) is 29.3. The lowest BCUT2D eigenvalue weighted by atomic mass is 10.2. The molecule has 0 atom stereocenters. The second-order valence-electron chi connectivity index (χ2n) is 6.67. The van der Waals surface area contributed by atoms with Crippen molar-refractivity contribution in [1.29, 1.82) is 0 Å². The highest BCUT2D eigenvalue weighted by molar-refractivity contribution is 8.76. The van der Waals surface area contributed by atoms with Gasteiger partial charge in [0.15, 0.2) is 0 Å². The van der Waals surface area contributed by atoms with Gasteiger partial charge < -0.3 is 10.6 Å². The zero-order valence-electron chi connectivity index (χ0n) is 19.0. The molecule has 0 rings (SSSR count). The number of amides is 2. The molecule has 0 bridgehead atoms. The number of hydrogen-bond donors (Lipinski definition) is 2. The summed E-state index contributed by atoms with van der Waals surface area (Å²) in [5.41, 5.74) is 0. The number of allylic oxidation sites excluding steroid dienone is 10. The van der Waals surface area contributed by atoms with Crippen molar-refractivity contribution in [3.63, 3.8) is 0 Å². The van der Waals surface area contributed by atoms with E-state index in [0.717, 1.165) is 56.5 Å². The van der Waals surface area contributed by atoms with Crippen molar-refractivity contribution in [2.75, 3.05) is 24.6 Å². The van der Waals surface area contributed by atoms with Crippen LogP contribution in [0.5, 0.6) is 0 Å². The molecule has 0 fully saturated rings. The molecular formula is C25H40N2O2S2. The van der Waals surface area contributed by atoms with E-state index in [1.807, 2.05) is 0 Å². The maximum atomic E-state index is 11.8. The van der Waals surface area contributed by atoms with Gasteiger partial charge in [-0.25, -0.2) is 0 Å². The smallest absolute Gasteiger partial charge is 0.220 e. The van der Waals surface area contributed by atoms with E-state index in [1.165, 1.54) is 0 Å². The zero-order valence-corrected chi connectivity index (χ0v) is 20.6. The van der Waals surface area contributed by atoms with Crippen LogP contribution in [0.25, 0.3) is 0 Å². The van der Waals surface area contributed by atoms with Crippen LogP contribution in [0, 0.1) is 0 Å². The Morgan fingerprint density at radius 2 is 1.26 bits per heavy atom. The Kier molecular flexibility index (Phi) is 25.0. The van der Waals surface area contributed by atoms with Gasteiger partial charge in [-0.05, 0) is 44.9 Å². The van der Waals surface area contributed by atoms with Crippen LogP contribution in [0.15, 0.2) is 60.8 Å². The lowest BCUT2D eigenvalue weighted by molar-refractivity contribution is -0.121. The lowest BCUT2D eigenvalue weighted by Crippen LogP contribution is -2.25. The third-order valence-corrected chi connectivity index (χ3v) is 6.34. The molecule has 0 spiro atoms. The molecule has 0 aromatic carbocycles. The normalized spacial score (nSPS) is 12.2. The van der Waals surface area contributed by atoms with Gasteiger partial charge >= 0.3 is 0 Å². The van der Waals surface area contributed by atoms with Crippen molar-refractivity contribution in [1.82, 2.24) is 10.6 Å². The van der Waals surface area contributed by atoms with Gasteiger partial charge in [0.1, 0.15) is 0 Å². The second-order valence-corrected chi connectivity index (χ2v) is 9.37. The maximum Gasteiger partial charge on any atom is 0.220 e. The number of carbonyl (C=O) groups is 2. The molecule has 6 heteroatoms. The minimum Gasteiger partial charge on any atom is -0.358 e. The van der Waals surface area contributed by atoms with Gasteiger partial charge in [-0.1, -0.05) is 89.3 Å². The Morgan fingerprint density at radius 3 is 1.81 bits per heavy atom. The summed E-state index contributed by atoms with van der Waals surface area (Å²) in [5.74, 6) is 1.89. The average Bonchev–Trinajstić information content (AvgIpc) is 2.77. The summed E-state index contributed by atoms with van der Waals surface area (Å²) < 4.78 is 0. The van der Waals surface area contributed by atoms with Crippen LogP contribution >= 0.6 is 21.6 Å². The summed E-state index contributed by atoms with van der Waals surface area (Å²) in [6, 6.07) is 0. The molecule has 2 amide bonds. The fourth-order valence-corrected chi connectivity index (χ4v) is 4.18. The Labute approximate surface area is 197 Å². The number of carbonyl (C=O) groups excluding carboxylic acids is 2. The Bertz CT molecular complexity index is 570. The zero-order chi connectivity index (χ0) is 22.7. The van der Waals surface area contributed by atoms with E-state index < -0.39 is 0 Å². The number of rotatable bonds is 21. The molecule has 0 aromatic rings. The molecule has 0 saturated carbocycles. The number of hydrogen-bond acceptors (Lipinski definition) is 4. The van der Waals surface area contributed by atoms with E-state index in [1.54, 1.807) is 21.6 Å². The molecule has 174 valence electrons. The number of nitrogens with one attached hydrogen (secondary N) is 2. The minimum absolute atomic E-state index is 0.126. The van der Waals surface area contributed by atoms with Crippen molar-refractivity contribution in [2.24, 2.45) is 0 Å². The highest BCUT2D eigenvalue weighted by Gasteiger charge is 1.99. The molecule has 0 aromatic heterocycles. The molecule has 0 heterocycles. The lowest BCUT2D eigenvalue weighted by Gasteiger charge is -2.04. The van der Waals surface area contributed by atoms with Gasteiger partial charge in [0.2, 0.25) is 12.3 Å². The summed E-state index contributed by atoms with van der Waals surface area (Å²) in [6.45, 7) is 3.53. The summed E-state index contributed by atoms with van der Waals surface area (Å²) in [7, 11) is 3.42. The Hall–Kier alpha value is -1.66. The van der Waals surface area contributed by atoms with Crippen molar-refractivity contribution in [2.45, 2.75) is 58.3 Å². The highest BCUT2D eigenvalue weighted by atomic mass is 33.1. The molecule has 0 aliphatic carbocycles. The van der Waals surface area contributed by atoms with E-state index >= 15 is 0 Å². The first-order valence-corrected chi connectivity index (χ1v) is 13.7. The van der Waals surface area contributed by atoms with Gasteiger partial charge in [0.25, 0.3) is 0 Å². The summed E-state index contributed by atoms with van der Waals surface area (Å²) in [6.07, 6.45) is 30.1. The van der Waals surface area contributed by atoms with Gasteiger partial charge in [0.05, 0.1) is 0 Å². The van der Waals surface area contributed by atoms with Crippen LogP contribution in [-0.2, 0) is 9.59 Å². The van der Waals surface area contributed by atoms with Gasteiger partial charge in [-0.15, -0.1) is 0 Å². The van der Waals surface area contributed by atoms with E-state index in [4.69, 9.17) is 0 Å². The van der Waals surface area contributed by atoms with E-state index in [2.05, 4.69) is 78.3 Å². The van der Waals surface area contributed by atoms with Crippen LogP contribution in [0.4, 0.5) is 0 Å². The van der Waals surface area contributed by atoms with E-state index in [0.29, 0.717) is 25.9 Å². The quantitative estimate of drug-likeness (QED) is 0.0925. The Morgan fingerprint density at radius 1 is 0.742 bits per heavy atom. The van der Waals surface area contributed by atoms with Crippen molar-refractivity contribution in [3.05, 3.63) is 60.8 Å². The molecule has 0 aliphatic heterocycles. The molecule has 4 nitrogen and oxygen atoms in total. The SMILES string of the molecule is CCC=CCC=CCC=CCC=CCC=CCCCC(=O)NCCSSCCNC=O. The summed E-state index contributed by atoms with van der Waals surface area (Å²) in [5, 5.41) is 5.57. The van der Waals surface area contributed by atoms with Crippen molar-refractivity contribution < 1.29 is 9.59 Å². The predicted octanol–water partition coefficient (Wildman–Crippen LogP) is 6.15. The molecule has 2 N–H and O–H groups in total. The standard InChI is InChI=1S/C25H40N2O2S2/c1-2-3-4-5-6-7-8-9-10-11-12-13-14-15-16-17-18-19-25(29)27-21-23-31-30-22-20-26-24-28/h3-4,6-7,9-10,12-13,15-16,24H,2,5,8,11,14,17-23H2,1H3,(H,26,28)(H,27,29). The third-order valence-electron chi connectivity index (χ3n) is 3.94. The van der Waals surface area contributed by atoms with Gasteiger partial charge in [-0.3, -0.25) is 9.59 Å². The summed E-state index contributed by atoms with van der Waals surface area (Å²) in [4.78, 5) is 21.8. The van der Waals surface area contributed by atoms with Gasteiger partial charge in [0, 0.05) is 31.0 Å². The molecule has 0 aliphatic rings. The third kappa shape index (κ3) is 26.3. The predicted molar refractivity (Wildman–Crippen MR) is 140 cm³/mol. The molecular weight excluding hydrogens is 424 g/mol. The molecule has 31 heavy (non-hydrogen) atoms. The first-order chi connectivity index (χ1) is 15.3. The van der Waals surface area contributed by atoms with Crippen LogP contribution in [0.1, 0.15) is 58.3 Å². The van der Waals surface area contributed by atoms with Crippen LogP contribution in [0.2, 0.25) is 0 Å². The molecule has 0 saturated heterocycles. The number of unbranched alkanes of at least 4 members (excludes halogenated alkanes) is 1. The molecule has 0 unspecified atom stereocenters. The van der Waals surface area contributed by atoms with Crippen LogP contribution < -0.4 is 10.6 Å². The van der Waals surface area contributed by atoms with E-state index in [9.17, 15) is 9.59 Å². The minimum atomic E-state index is 0.126. The first-order valence-electron chi connectivity index (χ1n) is 11.2. The van der Waals surface area contributed by atoms with Crippen molar-refractivity contribution in [3.8, 4) is 0 Å². The second kappa shape index (κ2) is 26.4. The van der Waals surface area contributed by atoms with Crippen molar-refractivity contribution >= 4 is 33.9 Å². The summed E-state index contributed by atoms with van der Waals surface area (Å²) >= 11 is 0. The average molecular weight is 465 g/mol.